The number of hydrogen-bond acceptors (Lipinski definition) is 5. The topological polar surface area (TPSA) is 69.6 Å². The summed E-state index contributed by atoms with van der Waals surface area (Å²) in [5, 5.41) is 11.5. The average molecular weight is 249 g/mol. The van der Waals surface area contributed by atoms with Crippen molar-refractivity contribution >= 4 is 11.3 Å². The predicted octanol–water partition coefficient (Wildman–Crippen LogP) is 1.55. The van der Waals surface area contributed by atoms with Gasteiger partial charge in [-0.2, -0.15) is 0 Å². The number of thiazole rings is 1. The van der Waals surface area contributed by atoms with Crippen LogP contribution >= 0.6 is 11.3 Å². The fraction of sp³-hybridized carbons (Fsp3) is 0.545. The number of aryl methyl sites for hydroxylation is 1. The Morgan fingerprint density at radius 2 is 2.29 bits per heavy atom. The lowest BCUT2D eigenvalue weighted by atomic mass is 10.4. The van der Waals surface area contributed by atoms with Crippen molar-refractivity contribution in [2.24, 2.45) is 5.73 Å². The van der Waals surface area contributed by atoms with E-state index in [2.05, 4.69) is 19.7 Å². The molecule has 90 valence electrons. The summed E-state index contributed by atoms with van der Waals surface area (Å²) in [6.07, 6.45) is 3.29. The van der Waals surface area contributed by atoms with Crippen LogP contribution in [0.4, 0.5) is 0 Å². The van der Waals surface area contributed by atoms with Crippen molar-refractivity contribution in [1.82, 2.24) is 19.7 Å². The number of hydrogen-bond donors (Lipinski definition) is 1. The standard InChI is InChI=1S/C11H15N5S/c1-7-14-15-11(16(7)8-2-3-8)9-6-17-10(13-9)4-5-12/h6,8H,2-5,12H2,1H3. The summed E-state index contributed by atoms with van der Waals surface area (Å²) >= 11 is 1.65. The van der Waals surface area contributed by atoms with Crippen molar-refractivity contribution in [2.45, 2.75) is 32.2 Å². The van der Waals surface area contributed by atoms with Crippen LogP contribution in [0.1, 0.15) is 29.7 Å². The number of rotatable bonds is 4. The highest BCUT2D eigenvalue weighted by molar-refractivity contribution is 7.09. The molecule has 2 aromatic heterocycles. The van der Waals surface area contributed by atoms with E-state index >= 15 is 0 Å². The summed E-state index contributed by atoms with van der Waals surface area (Å²) in [5.74, 6) is 1.89. The van der Waals surface area contributed by atoms with E-state index in [-0.39, 0.29) is 0 Å². The van der Waals surface area contributed by atoms with E-state index in [1.165, 1.54) is 12.8 Å². The van der Waals surface area contributed by atoms with Gasteiger partial charge in [0.05, 0.1) is 5.01 Å². The Morgan fingerprint density at radius 3 is 3.00 bits per heavy atom. The van der Waals surface area contributed by atoms with Crippen LogP contribution in [0, 0.1) is 6.92 Å². The van der Waals surface area contributed by atoms with E-state index in [4.69, 9.17) is 5.73 Å². The van der Waals surface area contributed by atoms with Crippen molar-refractivity contribution < 1.29 is 0 Å². The van der Waals surface area contributed by atoms with Crippen molar-refractivity contribution in [2.75, 3.05) is 6.54 Å². The van der Waals surface area contributed by atoms with Crippen LogP contribution in [0.2, 0.25) is 0 Å². The highest BCUT2D eigenvalue weighted by atomic mass is 32.1. The smallest absolute Gasteiger partial charge is 0.183 e. The Labute approximate surface area is 104 Å². The first-order chi connectivity index (χ1) is 8.29. The van der Waals surface area contributed by atoms with Crippen LogP contribution < -0.4 is 5.73 Å². The summed E-state index contributed by atoms with van der Waals surface area (Å²) in [4.78, 5) is 4.57. The maximum Gasteiger partial charge on any atom is 0.183 e. The molecule has 6 heteroatoms. The second-order valence-electron chi connectivity index (χ2n) is 4.34. The maximum atomic E-state index is 5.53. The van der Waals surface area contributed by atoms with E-state index in [0.29, 0.717) is 12.6 Å². The van der Waals surface area contributed by atoms with Crippen molar-refractivity contribution in [3.05, 3.63) is 16.2 Å². The molecule has 3 rings (SSSR count). The first kappa shape index (κ1) is 10.9. The van der Waals surface area contributed by atoms with Gasteiger partial charge in [-0.25, -0.2) is 4.98 Å². The average Bonchev–Trinajstić information content (AvgIpc) is 2.92. The Hall–Kier alpha value is -1.27. The zero-order valence-electron chi connectivity index (χ0n) is 9.76. The quantitative estimate of drug-likeness (QED) is 0.892. The van der Waals surface area contributed by atoms with Crippen LogP contribution in [-0.4, -0.2) is 26.3 Å². The largest absolute Gasteiger partial charge is 0.330 e. The molecule has 0 bridgehead atoms. The van der Waals surface area contributed by atoms with Gasteiger partial charge >= 0.3 is 0 Å². The van der Waals surface area contributed by atoms with Gasteiger partial charge in [-0.3, -0.25) is 0 Å². The number of nitrogens with zero attached hydrogens (tertiary/aromatic N) is 4. The molecule has 1 saturated carbocycles. The first-order valence-electron chi connectivity index (χ1n) is 5.86. The minimum Gasteiger partial charge on any atom is -0.330 e. The molecule has 0 unspecified atom stereocenters. The van der Waals surface area contributed by atoms with Gasteiger partial charge in [-0.1, -0.05) is 0 Å². The van der Waals surface area contributed by atoms with Crippen LogP contribution in [0.5, 0.6) is 0 Å². The summed E-state index contributed by atoms with van der Waals surface area (Å²) in [6, 6.07) is 0.583. The molecule has 0 amide bonds. The lowest BCUT2D eigenvalue weighted by Crippen LogP contribution is -2.03. The highest BCUT2D eigenvalue weighted by Crippen LogP contribution is 2.38. The summed E-state index contributed by atoms with van der Waals surface area (Å²) in [7, 11) is 0. The molecule has 0 radical (unpaired) electrons. The number of nitrogens with two attached hydrogens (primary N) is 1. The normalized spacial score (nSPS) is 15.4. The van der Waals surface area contributed by atoms with E-state index in [9.17, 15) is 0 Å². The van der Waals surface area contributed by atoms with Crippen molar-refractivity contribution in [3.63, 3.8) is 0 Å². The lowest BCUT2D eigenvalue weighted by molar-refractivity contribution is 0.715. The lowest BCUT2D eigenvalue weighted by Gasteiger charge is -2.03. The van der Waals surface area contributed by atoms with Gasteiger partial charge in [0.25, 0.3) is 0 Å². The molecular formula is C11H15N5S. The highest BCUT2D eigenvalue weighted by Gasteiger charge is 2.29. The molecule has 2 aromatic rings. The van der Waals surface area contributed by atoms with Gasteiger partial charge in [0, 0.05) is 17.8 Å². The van der Waals surface area contributed by atoms with Crippen molar-refractivity contribution in [3.8, 4) is 11.5 Å². The Bertz CT molecular complexity index is 526. The molecule has 5 nitrogen and oxygen atoms in total. The van der Waals surface area contributed by atoms with Gasteiger partial charge in [0.2, 0.25) is 0 Å². The minimum absolute atomic E-state index is 0.583. The zero-order chi connectivity index (χ0) is 11.8. The van der Waals surface area contributed by atoms with E-state index < -0.39 is 0 Å². The Kier molecular flexibility index (Phi) is 2.68. The van der Waals surface area contributed by atoms with Gasteiger partial charge < -0.3 is 10.3 Å². The molecule has 17 heavy (non-hydrogen) atoms. The van der Waals surface area contributed by atoms with Crippen LogP contribution in [0.15, 0.2) is 5.38 Å². The Balaban J connectivity index is 1.96. The third-order valence-electron chi connectivity index (χ3n) is 2.92. The van der Waals surface area contributed by atoms with Crippen molar-refractivity contribution in [1.29, 1.82) is 0 Å². The molecule has 1 aliphatic carbocycles. The maximum absolute atomic E-state index is 5.53. The number of aromatic nitrogens is 4. The predicted molar refractivity (Wildman–Crippen MR) is 66.9 cm³/mol. The molecule has 0 aliphatic heterocycles. The zero-order valence-corrected chi connectivity index (χ0v) is 10.6. The second-order valence-corrected chi connectivity index (χ2v) is 5.28. The molecular weight excluding hydrogens is 234 g/mol. The molecule has 0 atom stereocenters. The fourth-order valence-corrected chi connectivity index (χ4v) is 2.76. The molecule has 1 fully saturated rings. The third-order valence-corrected chi connectivity index (χ3v) is 3.83. The molecule has 2 N–H and O–H groups in total. The summed E-state index contributed by atoms with van der Waals surface area (Å²) in [6.45, 7) is 2.64. The van der Waals surface area contributed by atoms with E-state index in [1.807, 2.05) is 12.3 Å². The Morgan fingerprint density at radius 1 is 1.47 bits per heavy atom. The van der Waals surface area contributed by atoms with Crippen LogP contribution in [-0.2, 0) is 6.42 Å². The second kappa shape index (κ2) is 4.19. The monoisotopic (exact) mass is 249 g/mol. The molecule has 0 spiro atoms. The molecule has 1 aliphatic rings. The molecule has 2 heterocycles. The summed E-state index contributed by atoms with van der Waals surface area (Å²) < 4.78 is 2.21. The van der Waals surface area contributed by atoms with Gasteiger partial charge in [-0.05, 0) is 26.3 Å². The van der Waals surface area contributed by atoms with Gasteiger partial charge in [0.15, 0.2) is 5.82 Å². The first-order valence-corrected chi connectivity index (χ1v) is 6.74. The third kappa shape index (κ3) is 1.98. The minimum atomic E-state index is 0.583. The summed E-state index contributed by atoms with van der Waals surface area (Å²) in [5.41, 5.74) is 6.47. The van der Waals surface area contributed by atoms with Crippen LogP contribution in [0.3, 0.4) is 0 Å². The van der Waals surface area contributed by atoms with E-state index in [0.717, 1.165) is 28.8 Å². The SMILES string of the molecule is Cc1nnc(-c2csc(CCN)n2)n1C1CC1. The van der Waals surface area contributed by atoms with Gasteiger partial charge in [-0.15, -0.1) is 21.5 Å². The van der Waals surface area contributed by atoms with E-state index in [1.54, 1.807) is 11.3 Å². The fourth-order valence-electron chi connectivity index (χ4n) is 1.97. The molecule has 0 aromatic carbocycles. The van der Waals surface area contributed by atoms with Crippen LogP contribution in [0.25, 0.3) is 11.5 Å². The van der Waals surface area contributed by atoms with Gasteiger partial charge in [0.1, 0.15) is 11.5 Å². The molecule has 0 saturated heterocycles.